The van der Waals surface area contributed by atoms with E-state index in [1.165, 1.54) is 19.3 Å². The van der Waals surface area contributed by atoms with Crippen LogP contribution in [0.5, 0.6) is 0 Å². The molecule has 0 unspecified atom stereocenters. The Hall–Kier alpha value is -2.33. The van der Waals surface area contributed by atoms with Gasteiger partial charge in [0.05, 0.1) is 0 Å². The van der Waals surface area contributed by atoms with Gasteiger partial charge in [0.15, 0.2) is 0 Å². The summed E-state index contributed by atoms with van der Waals surface area (Å²) in [5, 5.41) is 2.83. The number of rotatable bonds is 3. The maximum atomic E-state index is 4.67. The summed E-state index contributed by atoms with van der Waals surface area (Å²) in [5.41, 5.74) is 4.10. The zero-order valence-corrected chi connectivity index (χ0v) is 26.7. The minimum Gasteiger partial charge on any atom is -0.305 e. The first-order valence-electron chi connectivity index (χ1n) is 11.7. The van der Waals surface area contributed by atoms with Gasteiger partial charge in [0.2, 0.25) is 0 Å². The Bertz CT molecular complexity index is 1520. The molecule has 0 aliphatic rings. The molecule has 0 spiro atoms. The quantitative estimate of drug-likeness (QED) is 0.143. The zero-order chi connectivity index (χ0) is 24.3. The average Bonchev–Trinajstić information content (AvgIpc) is 3.27. The van der Waals surface area contributed by atoms with E-state index < -0.39 is 13.3 Å². The average molecular weight is 770 g/mol. The molecule has 0 aliphatic carbocycles. The maximum Gasteiger partial charge on any atom is 0.0160 e. The molecule has 0 saturated carbocycles. The topological polar surface area (TPSA) is 25.8 Å². The van der Waals surface area contributed by atoms with E-state index in [1.807, 2.05) is 60.7 Å². The Morgan fingerprint density at radius 2 is 1.33 bits per heavy atom. The Balaban J connectivity index is 0.000000198. The van der Waals surface area contributed by atoms with E-state index in [0.717, 1.165) is 22.5 Å². The van der Waals surface area contributed by atoms with Gasteiger partial charge in [-0.2, -0.15) is 0 Å². The minimum atomic E-state index is -1.80. The van der Waals surface area contributed by atoms with Crippen LogP contribution in [0.25, 0.3) is 41.8 Å². The first kappa shape index (κ1) is 26.7. The summed E-state index contributed by atoms with van der Waals surface area (Å²) in [5.74, 6) is 7.37. The van der Waals surface area contributed by atoms with E-state index in [9.17, 15) is 0 Å². The van der Waals surface area contributed by atoms with Gasteiger partial charge in [-0.05, 0) is 11.8 Å². The molecule has 1 radical (unpaired) electrons. The summed E-state index contributed by atoms with van der Waals surface area (Å²) in [6.07, 6.45) is 3.86. The van der Waals surface area contributed by atoms with Crippen LogP contribution < -0.4 is 4.40 Å². The van der Waals surface area contributed by atoms with Gasteiger partial charge in [0.25, 0.3) is 0 Å². The SMILES string of the molecule is [CH3][Ge]([CH3])([CH3])[c]1ccc2[se]c3cnc(-c4[c-]cccc4)cc3c2c1.[Ir].[c-]1ccccc1-c1ccccn1. The third-order valence-electron chi connectivity index (χ3n) is 5.86. The van der Waals surface area contributed by atoms with Gasteiger partial charge < -0.3 is 4.98 Å². The summed E-state index contributed by atoms with van der Waals surface area (Å²) in [6, 6.07) is 37.6. The predicted molar refractivity (Wildman–Crippen MR) is 152 cm³/mol. The molecule has 0 N–H and O–H groups in total. The third kappa shape index (κ3) is 6.14. The Morgan fingerprint density at radius 1 is 0.667 bits per heavy atom. The molecule has 36 heavy (non-hydrogen) atoms. The molecule has 2 nitrogen and oxygen atoms in total. The molecular formula is C31H26GeIrN2Se-2. The van der Waals surface area contributed by atoms with Crippen LogP contribution in [0.2, 0.25) is 17.3 Å². The van der Waals surface area contributed by atoms with Gasteiger partial charge in [-0.15, -0.1) is 35.9 Å². The fraction of sp³-hybridized carbons (Fsp3) is 0.0968. The van der Waals surface area contributed by atoms with Crippen LogP contribution in [0, 0.1) is 12.1 Å². The Labute approximate surface area is 235 Å². The van der Waals surface area contributed by atoms with Crippen molar-refractivity contribution in [2.75, 3.05) is 0 Å². The second kappa shape index (κ2) is 11.8. The normalized spacial score (nSPS) is 11.0. The van der Waals surface area contributed by atoms with E-state index in [2.05, 4.69) is 75.9 Å². The zero-order valence-electron chi connectivity index (χ0n) is 20.5. The molecule has 3 aromatic carbocycles. The van der Waals surface area contributed by atoms with Crippen molar-refractivity contribution in [2.24, 2.45) is 0 Å². The molecule has 181 valence electrons. The van der Waals surface area contributed by atoms with E-state index in [4.69, 9.17) is 0 Å². The van der Waals surface area contributed by atoms with Crippen molar-refractivity contribution in [3.8, 4) is 22.5 Å². The van der Waals surface area contributed by atoms with Crippen LogP contribution in [-0.2, 0) is 20.1 Å². The summed E-state index contributed by atoms with van der Waals surface area (Å²) in [4.78, 5) is 8.89. The van der Waals surface area contributed by atoms with Crippen LogP contribution in [-0.4, -0.2) is 37.7 Å². The number of hydrogen-bond donors (Lipinski definition) is 0. The number of benzene rings is 3. The monoisotopic (exact) mass is 773 g/mol. The fourth-order valence-corrected chi connectivity index (χ4v) is 8.53. The van der Waals surface area contributed by atoms with Gasteiger partial charge in [0.1, 0.15) is 0 Å². The molecule has 3 aromatic heterocycles. The van der Waals surface area contributed by atoms with Crippen molar-refractivity contribution in [1.82, 2.24) is 9.97 Å². The van der Waals surface area contributed by atoms with Gasteiger partial charge in [0, 0.05) is 26.3 Å². The molecule has 0 atom stereocenters. The van der Waals surface area contributed by atoms with Crippen LogP contribution in [0.3, 0.4) is 0 Å². The molecule has 0 amide bonds. The number of aromatic nitrogens is 2. The van der Waals surface area contributed by atoms with E-state index >= 15 is 0 Å². The predicted octanol–water partition coefficient (Wildman–Crippen LogP) is 7.00. The van der Waals surface area contributed by atoms with Crippen LogP contribution in [0.15, 0.2) is 103 Å². The Morgan fingerprint density at radius 3 is 1.94 bits per heavy atom. The molecule has 0 aliphatic heterocycles. The molecule has 5 heteroatoms. The maximum absolute atomic E-state index is 4.67. The fourth-order valence-electron chi connectivity index (χ4n) is 3.92. The standard InChI is InChI=1S/C20H18GeNSe.C11H8N.Ir/c1-21(2,3)15-9-10-19-16(11-15)17-12-18(22-13-20(17)23-19)14-7-5-4-6-8-14;1-2-6-10(7-3-1)11-8-4-5-9-12-11;/h4-7,9-13H,1-3H3;1-6,8-9H;/q2*-1;. The van der Waals surface area contributed by atoms with E-state index in [-0.39, 0.29) is 20.1 Å². The molecule has 6 rings (SSSR count). The third-order valence-corrected chi connectivity index (χ3v) is 12.5. The van der Waals surface area contributed by atoms with Crippen LogP contribution >= 0.6 is 0 Å². The smallest absolute Gasteiger partial charge is 0.0160 e. The largest absolute Gasteiger partial charge is 0.305 e. The molecule has 0 saturated heterocycles. The summed E-state index contributed by atoms with van der Waals surface area (Å²) < 4.78 is 4.49. The summed E-state index contributed by atoms with van der Waals surface area (Å²) in [6.45, 7) is 0. The van der Waals surface area contributed by atoms with Crippen LogP contribution in [0.4, 0.5) is 0 Å². The second-order valence-electron chi connectivity index (χ2n) is 9.40. The number of fused-ring (bicyclic) bond motifs is 3. The molecular weight excluding hydrogens is 744 g/mol. The van der Waals surface area contributed by atoms with E-state index in [0.29, 0.717) is 14.5 Å². The number of hydrogen-bond acceptors (Lipinski definition) is 2. The molecule has 0 bridgehead atoms. The first-order valence-corrected chi connectivity index (χ1v) is 20.7. The minimum absolute atomic E-state index is 0. The molecule has 3 heterocycles. The summed E-state index contributed by atoms with van der Waals surface area (Å²) >= 11 is -1.41. The van der Waals surface area contributed by atoms with Gasteiger partial charge >= 0.3 is 146 Å². The molecule has 0 fully saturated rings. The van der Waals surface area contributed by atoms with Crippen molar-refractivity contribution >= 4 is 51.5 Å². The van der Waals surface area contributed by atoms with Crippen molar-refractivity contribution in [2.45, 2.75) is 17.3 Å². The summed E-state index contributed by atoms with van der Waals surface area (Å²) in [7, 11) is 0. The van der Waals surface area contributed by atoms with Gasteiger partial charge in [-0.25, -0.2) is 0 Å². The van der Waals surface area contributed by atoms with Crippen molar-refractivity contribution < 1.29 is 20.1 Å². The van der Waals surface area contributed by atoms with E-state index in [1.54, 1.807) is 10.6 Å². The van der Waals surface area contributed by atoms with Gasteiger partial charge in [-0.1, -0.05) is 12.1 Å². The van der Waals surface area contributed by atoms with Crippen molar-refractivity contribution in [1.29, 1.82) is 0 Å². The Kier molecular flexibility index (Phi) is 8.77. The first-order chi connectivity index (χ1) is 17.0. The van der Waals surface area contributed by atoms with Crippen molar-refractivity contribution in [3.63, 3.8) is 0 Å². The van der Waals surface area contributed by atoms with Gasteiger partial charge in [-0.3, -0.25) is 0 Å². The number of nitrogens with zero attached hydrogens (tertiary/aromatic N) is 2. The van der Waals surface area contributed by atoms with Crippen molar-refractivity contribution in [3.05, 3.63) is 116 Å². The number of pyridine rings is 2. The second-order valence-corrected chi connectivity index (χ2v) is 22.3. The van der Waals surface area contributed by atoms with Crippen LogP contribution in [0.1, 0.15) is 0 Å². The molecule has 6 aromatic rings.